The summed E-state index contributed by atoms with van der Waals surface area (Å²) in [6.07, 6.45) is 2.09. The van der Waals surface area contributed by atoms with Gasteiger partial charge >= 0.3 is 11.9 Å². The first-order valence-electron chi connectivity index (χ1n) is 5.06. The quantitative estimate of drug-likeness (QED) is 0.370. The van der Waals surface area contributed by atoms with Crippen LogP contribution in [0, 0.1) is 5.92 Å². The number of hydrogen-bond acceptors (Lipinski definition) is 5. The first kappa shape index (κ1) is 14.6. The predicted octanol–water partition coefficient (Wildman–Crippen LogP) is 0.931. The molecule has 0 saturated carbocycles. The number of hydrogen-bond donors (Lipinski definition) is 0. The zero-order valence-corrected chi connectivity index (χ0v) is 9.89. The Morgan fingerprint density at radius 3 is 2.12 bits per heavy atom. The van der Waals surface area contributed by atoms with Crippen LogP contribution in [0.15, 0.2) is 12.2 Å². The monoisotopic (exact) mass is 230 g/mol. The van der Waals surface area contributed by atoms with Crippen LogP contribution in [0.25, 0.3) is 0 Å². The van der Waals surface area contributed by atoms with Crippen LogP contribution in [0.4, 0.5) is 0 Å². The van der Waals surface area contributed by atoms with Gasteiger partial charge in [0.2, 0.25) is 0 Å². The van der Waals surface area contributed by atoms with Crippen LogP contribution in [0.2, 0.25) is 0 Å². The lowest BCUT2D eigenvalue weighted by atomic mass is 10.2. The average molecular weight is 230 g/mol. The average Bonchev–Trinajstić information content (AvgIpc) is 2.24. The number of carbonyl (C=O) groups is 2. The van der Waals surface area contributed by atoms with Crippen LogP contribution in [-0.2, 0) is 23.8 Å². The van der Waals surface area contributed by atoms with Crippen LogP contribution in [0.1, 0.15) is 13.8 Å². The van der Waals surface area contributed by atoms with Crippen molar-refractivity contribution in [1.29, 1.82) is 0 Å². The number of rotatable bonds is 7. The molecule has 5 nitrogen and oxygen atoms in total. The highest BCUT2D eigenvalue weighted by Gasteiger charge is 2.02. The van der Waals surface area contributed by atoms with Crippen molar-refractivity contribution < 1.29 is 23.8 Å². The predicted molar refractivity (Wildman–Crippen MR) is 57.8 cm³/mol. The first-order valence-corrected chi connectivity index (χ1v) is 5.06. The van der Waals surface area contributed by atoms with Gasteiger partial charge in [0.05, 0.1) is 13.2 Å². The molecule has 0 aromatic carbocycles. The Kier molecular flexibility index (Phi) is 8.15. The van der Waals surface area contributed by atoms with Crippen LogP contribution in [0.3, 0.4) is 0 Å². The van der Waals surface area contributed by atoms with Gasteiger partial charge < -0.3 is 14.2 Å². The van der Waals surface area contributed by atoms with Gasteiger partial charge in [0.25, 0.3) is 0 Å². The molecule has 92 valence electrons. The molecule has 0 rings (SSSR count). The molecule has 0 fully saturated rings. The minimum absolute atomic E-state index is 0.167. The molecule has 0 radical (unpaired) electrons. The Morgan fingerprint density at radius 2 is 1.62 bits per heavy atom. The molecule has 0 unspecified atom stereocenters. The fraction of sp³-hybridized carbons (Fsp3) is 0.636. The molecule has 0 aromatic rings. The van der Waals surface area contributed by atoms with Gasteiger partial charge in [0, 0.05) is 19.3 Å². The summed E-state index contributed by atoms with van der Waals surface area (Å²) in [5.74, 6) is -0.859. The van der Waals surface area contributed by atoms with Gasteiger partial charge in [-0.15, -0.1) is 0 Å². The highest BCUT2D eigenvalue weighted by atomic mass is 16.6. The molecular weight excluding hydrogens is 212 g/mol. The SMILES string of the molecule is COCCOC(=O)/C=C/C(=O)OCC(C)C. The smallest absolute Gasteiger partial charge is 0.331 e. The van der Waals surface area contributed by atoms with E-state index < -0.39 is 11.9 Å². The van der Waals surface area contributed by atoms with Gasteiger partial charge in [0.15, 0.2) is 0 Å². The van der Waals surface area contributed by atoms with Crippen LogP contribution in [-0.4, -0.2) is 38.9 Å². The molecule has 0 bridgehead atoms. The molecule has 0 aromatic heterocycles. The topological polar surface area (TPSA) is 61.8 Å². The van der Waals surface area contributed by atoms with E-state index in [1.807, 2.05) is 13.8 Å². The third kappa shape index (κ3) is 9.21. The van der Waals surface area contributed by atoms with Crippen LogP contribution >= 0.6 is 0 Å². The van der Waals surface area contributed by atoms with Crippen molar-refractivity contribution in [3.8, 4) is 0 Å². The Bertz CT molecular complexity index is 245. The molecule has 0 aliphatic carbocycles. The Hall–Kier alpha value is -1.36. The summed E-state index contributed by atoms with van der Waals surface area (Å²) >= 11 is 0. The van der Waals surface area contributed by atoms with E-state index in [0.29, 0.717) is 13.2 Å². The lowest BCUT2D eigenvalue weighted by Gasteiger charge is -2.03. The lowest BCUT2D eigenvalue weighted by Crippen LogP contribution is -2.10. The van der Waals surface area contributed by atoms with E-state index in [1.165, 1.54) is 7.11 Å². The van der Waals surface area contributed by atoms with Crippen molar-refractivity contribution in [1.82, 2.24) is 0 Å². The molecule has 0 aliphatic heterocycles. The van der Waals surface area contributed by atoms with Crippen LogP contribution in [0.5, 0.6) is 0 Å². The lowest BCUT2D eigenvalue weighted by molar-refractivity contribution is -0.141. The van der Waals surface area contributed by atoms with Gasteiger partial charge in [-0.3, -0.25) is 0 Å². The highest BCUT2D eigenvalue weighted by molar-refractivity contribution is 5.91. The second kappa shape index (κ2) is 8.91. The van der Waals surface area contributed by atoms with Crippen LogP contribution < -0.4 is 0 Å². The normalized spacial score (nSPS) is 10.8. The summed E-state index contributed by atoms with van der Waals surface area (Å²) in [4.78, 5) is 22.0. The summed E-state index contributed by atoms with van der Waals surface area (Å²) in [5, 5.41) is 0. The summed E-state index contributed by atoms with van der Waals surface area (Å²) in [6.45, 7) is 4.69. The van der Waals surface area contributed by atoms with E-state index in [9.17, 15) is 9.59 Å². The van der Waals surface area contributed by atoms with Gasteiger partial charge in [-0.25, -0.2) is 9.59 Å². The van der Waals surface area contributed by atoms with Gasteiger partial charge in [-0.1, -0.05) is 13.8 Å². The summed E-state index contributed by atoms with van der Waals surface area (Å²) in [7, 11) is 1.51. The van der Waals surface area contributed by atoms with Gasteiger partial charge in [-0.05, 0) is 5.92 Å². The summed E-state index contributed by atoms with van der Waals surface area (Å²) < 4.78 is 14.2. The van der Waals surface area contributed by atoms with E-state index in [1.54, 1.807) is 0 Å². The van der Waals surface area contributed by atoms with E-state index >= 15 is 0 Å². The molecule has 16 heavy (non-hydrogen) atoms. The molecule has 0 aliphatic rings. The number of methoxy groups -OCH3 is 1. The van der Waals surface area contributed by atoms with Crippen molar-refractivity contribution >= 4 is 11.9 Å². The van der Waals surface area contributed by atoms with E-state index in [0.717, 1.165) is 12.2 Å². The minimum atomic E-state index is -0.585. The molecule has 0 amide bonds. The number of esters is 2. The van der Waals surface area contributed by atoms with E-state index in [4.69, 9.17) is 9.47 Å². The molecule has 0 saturated heterocycles. The first-order chi connectivity index (χ1) is 7.56. The van der Waals surface area contributed by atoms with Crippen molar-refractivity contribution in [2.24, 2.45) is 5.92 Å². The van der Waals surface area contributed by atoms with Gasteiger partial charge in [-0.2, -0.15) is 0 Å². The molecule has 0 N–H and O–H groups in total. The second-order valence-corrected chi connectivity index (χ2v) is 3.52. The minimum Gasteiger partial charge on any atom is -0.462 e. The standard InChI is InChI=1S/C11H18O5/c1-9(2)8-16-11(13)5-4-10(12)15-7-6-14-3/h4-5,9H,6-8H2,1-3H3/b5-4+. The van der Waals surface area contributed by atoms with E-state index in [-0.39, 0.29) is 12.5 Å². The summed E-state index contributed by atoms with van der Waals surface area (Å²) in [5.41, 5.74) is 0. The fourth-order valence-corrected chi connectivity index (χ4v) is 0.707. The molecule has 5 heteroatoms. The van der Waals surface area contributed by atoms with E-state index in [2.05, 4.69) is 4.74 Å². The summed E-state index contributed by atoms with van der Waals surface area (Å²) in [6, 6.07) is 0. The van der Waals surface area contributed by atoms with Gasteiger partial charge in [0.1, 0.15) is 6.61 Å². The van der Waals surface area contributed by atoms with Crippen molar-refractivity contribution in [3.63, 3.8) is 0 Å². The highest BCUT2D eigenvalue weighted by Crippen LogP contribution is 1.93. The third-order valence-corrected chi connectivity index (χ3v) is 1.45. The zero-order valence-electron chi connectivity index (χ0n) is 9.89. The fourth-order valence-electron chi connectivity index (χ4n) is 0.707. The van der Waals surface area contributed by atoms with Crippen molar-refractivity contribution in [3.05, 3.63) is 12.2 Å². The Balaban J connectivity index is 3.71. The third-order valence-electron chi connectivity index (χ3n) is 1.45. The second-order valence-electron chi connectivity index (χ2n) is 3.52. The molecule has 0 atom stereocenters. The van der Waals surface area contributed by atoms with Crippen molar-refractivity contribution in [2.45, 2.75) is 13.8 Å². The Morgan fingerprint density at radius 1 is 1.06 bits per heavy atom. The molecular formula is C11H18O5. The number of ether oxygens (including phenoxy) is 3. The maximum atomic E-state index is 11.0. The Labute approximate surface area is 95.4 Å². The zero-order chi connectivity index (χ0) is 12.4. The maximum absolute atomic E-state index is 11.0. The number of carbonyl (C=O) groups excluding carboxylic acids is 2. The molecule has 0 spiro atoms. The maximum Gasteiger partial charge on any atom is 0.331 e. The largest absolute Gasteiger partial charge is 0.462 e. The molecule has 0 heterocycles. The van der Waals surface area contributed by atoms with Crippen molar-refractivity contribution in [2.75, 3.05) is 26.9 Å².